The number of hydrogen-bond acceptors (Lipinski definition) is 4. The summed E-state index contributed by atoms with van der Waals surface area (Å²) < 4.78 is 7.90. The highest BCUT2D eigenvalue weighted by atomic mass is 16.3. The number of furan rings is 1. The molecule has 2 atom stereocenters. The minimum Gasteiger partial charge on any atom is -0.468 e. The molecule has 8 aromatic rings. The molecule has 14 rings (SSSR count). The van der Waals surface area contributed by atoms with E-state index in [1.807, 2.05) is 0 Å². The zero-order chi connectivity index (χ0) is 56.2. The van der Waals surface area contributed by atoms with Crippen molar-refractivity contribution in [1.82, 2.24) is 0 Å². The van der Waals surface area contributed by atoms with Gasteiger partial charge in [-0.25, -0.2) is 0 Å². The van der Waals surface area contributed by atoms with E-state index in [9.17, 15) is 0 Å². The molecule has 0 radical (unpaired) electrons. The van der Waals surface area contributed by atoms with Crippen LogP contribution in [0.25, 0.3) is 11.0 Å². The summed E-state index contributed by atoms with van der Waals surface area (Å²) in [5.41, 5.74) is 27.0. The third kappa shape index (κ3) is 7.52. The Balaban J connectivity index is 1.17. The highest BCUT2D eigenvalue weighted by molar-refractivity contribution is 7.00. The van der Waals surface area contributed by atoms with Gasteiger partial charge in [-0.1, -0.05) is 165 Å². The number of fused-ring (bicyclic) bond motifs is 13. The fourth-order valence-electron chi connectivity index (χ4n) is 16.2. The van der Waals surface area contributed by atoms with Gasteiger partial charge >= 0.3 is 0 Å². The maximum Gasteiger partial charge on any atom is 0.297 e. The third-order valence-corrected chi connectivity index (χ3v) is 21.4. The van der Waals surface area contributed by atoms with E-state index in [0.29, 0.717) is 0 Å². The summed E-state index contributed by atoms with van der Waals surface area (Å²) >= 11 is 0. The Hall–Kier alpha value is -6.46. The second-order valence-electron chi connectivity index (χ2n) is 31.0. The molecule has 0 saturated heterocycles. The molecule has 2 unspecified atom stereocenters. The summed E-state index contributed by atoms with van der Waals surface area (Å²) in [5, 5.41) is 1.23. The van der Waals surface area contributed by atoms with Gasteiger partial charge < -0.3 is 19.1 Å². The topological polar surface area (TPSA) is 22.9 Å². The monoisotopic (exact) mass is 1050 g/mol. The molecule has 0 spiro atoms. The number of para-hydroxylation sites is 2. The lowest BCUT2D eigenvalue weighted by Crippen LogP contribution is -2.61. The van der Waals surface area contributed by atoms with Crippen LogP contribution in [0.3, 0.4) is 0 Å². The minimum absolute atomic E-state index is 0.00150. The van der Waals surface area contributed by atoms with Crippen LogP contribution in [0.2, 0.25) is 0 Å². The molecule has 80 heavy (non-hydrogen) atoms. The quantitative estimate of drug-likeness (QED) is 0.160. The number of nitrogens with zero attached hydrogens (tertiary/aromatic N) is 3. The van der Waals surface area contributed by atoms with Crippen LogP contribution in [0.1, 0.15) is 200 Å². The van der Waals surface area contributed by atoms with E-state index in [1.165, 1.54) is 121 Å². The normalized spacial score (nSPS) is 22.3. The van der Waals surface area contributed by atoms with Crippen LogP contribution in [0.15, 0.2) is 138 Å². The molecule has 1 saturated carbocycles. The average molecular weight is 1050 g/mol. The second-order valence-corrected chi connectivity index (χ2v) is 31.0. The van der Waals surface area contributed by atoms with Gasteiger partial charge in [-0.2, -0.15) is 0 Å². The molecule has 2 aliphatic heterocycles. The Bertz CT molecular complexity index is 3830. The van der Waals surface area contributed by atoms with Crippen LogP contribution in [0, 0.1) is 0 Å². The first kappa shape index (κ1) is 51.7. The Kier molecular flexibility index (Phi) is 10.7. The maximum atomic E-state index is 7.90. The number of hydrogen-bond donors (Lipinski definition) is 0. The number of benzene rings is 7. The summed E-state index contributed by atoms with van der Waals surface area (Å²) in [4.78, 5) is 7.90. The lowest BCUT2D eigenvalue weighted by Gasteiger charge is -2.47. The molecule has 6 aliphatic rings. The molecule has 2 bridgehead atoms. The smallest absolute Gasteiger partial charge is 0.297 e. The number of anilines is 9. The lowest BCUT2D eigenvalue weighted by atomic mass is 9.35. The van der Waals surface area contributed by atoms with Crippen molar-refractivity contribution < 1.29 is 4.42 Å². The van der Waals surface area contributed by atoms with Gasteiger partial charge in [0.1, 0.15) is 5.58 Å². The first-order valence-electron chi connectivity index (χ1n) is 30.4. The van der Waals surface area contributed by atoms with E-state index in [2.05, 4.69) is 259 Å². The van der Waals surface area contributed by atoms with E-state index in [0.717, 1.165) is 47.6 Å². The molecular formula is C75H84BN3O. The summed E-state index contributed by atoms with van der Waals surface area (Å²) in [6.07, 6.45) is 8.23. The predicted molar refractivity (Wildman–Crippen MR) is 341 cm³/mol. The number of rotatable bonds is 5. The van der Waals surface area contributed by atoms with E-state index < -0.39 is 0 Å². The molecule has 1 aromatic heterocycles. The van der Waals surface area contributed by atoms with Crippen molar-refractivity contribution >= 4 is 85.5 Å². The Morgan fingerprint density at radius 3 is 1.49 bits per heavy atom. The third-order valence-electron chi connectivity index (χ3n) is 21.4. The Morgan fingerprint density at radius 1 is 0.438 bits per heavy atom. The summed E-state index contributed by atoms with van der Waals surface area (Å²) in [5.74, 6) is 0. The van der Waals surface area contributed by atoms with Gasteiger partial charge in [-0.15, -0.1) is 0 Å². The van der Waals surface area contributed by atoms with E-state index in [-0.39, 0.29) is 50.0 Å². The molecule has 5 heteroatoms. The van der Waals surface area contributed by atoms with Crippen LogP contribution in [0.5, 0.6) is 0 Å². The van der Waals surface area contributed by atoms with Crippen molar-refractivity contribution in [3.05, 3.63) is 178 Å². The van der Waals surface area contributed by atoms with Crippen LogP contribution >= 0.6 is 0 Å². The fraction of sp³-hybridized carbons (Fsp3) is 0.413. The van der Waals surface area contributed by atoms with E-state index in [1.54, 1.807) is 0 Å². The van der Waals surface area contributed by atoms with Crippen LogP contribution in [-0.4, -0.2) is 6.71 Å². The average Bonchev–Trinajstić information content (AvgIpc) is 3.49. The van der Waals surface area contributed by atoms with Gasteiger partial charge in [0, 0.05) is 45.2 Å². The minimum atomic E-state index is -0.189. The van der Waals surface area contributed by atoms with Crippen molar-refractivity contribution in [1.29, 1.82) is 0 Å². The SMILES string of the molecule is CC(C)(C)c1cc(N2c3cc4c(cc3B3c5oc6cc7c(cc6c5N(c5ccc6c(c5)C(C)(C)CCC6(C)C)c5cc(N(c6ccccc6)c6ccccc6)cc2c53)C2(C)CCC7(C)C2)C(C)(C)CCC4(C)C)cc(C(C)(C)C)c1. The van der Waals surface area contributed by atoms with Crippen molar-refractivity contribution in [2.24, 2.45) is 0 Å². The zero-order valence-corrected chi connectivity index (χ0v) is 51.0. The lowest BCUT2D eigenvalue weighted by molar-refractivity contribution is 0.332. The van der Waals surface area contributed by atoms with Gasteiger partial charge in [0.05, 0.1) is 17.0 Å². The summed E-state index contributed by atoms with van der Waals surface area (Å²) in [6.45, 7) is 39.0. The second kappa shape index (κ2) is 16.6. The molecule has 1 fully saturated rings. The first-order chi connectivity index (χ1) is 37.6. The highest BCUT2D eigenvalue weighted by Gasteiger charge is 2.55. The van der Waals surface area contributed by atoms with E-state index in [4.69, 9.17) is 4.42 Å². The predicted octanol–water partition coefficient (Wildman–Crippen LogP) is 19.0. The first-order valence-corrected chi connectivity index (χ1v) is 30.4. The van der Waals surface area contributed by atoms with Crippen LogP contribution < -0.4 is 31.3 Å². The molecule has 3 heterocycles. The van der Waals surface area contributed by atoms with Crippen molar-refractivity contribution in [3.63, 3.8) is 0 Å². The van der Waals surface area contributed by atoms with Crippen molar-refractivity contribution in [2.45, 2.75) is 199 Å². The van der Waals surface area contributed by atoms with Crippen molar-refractivity contribution in [2.75, 3.05) is 14.7 Å². The zero-order valence-electron chi connectivity index (χ0n) is 51.0. The highest BCUT2D eigenvalue weighted by Crippen LogP contribution is 2.62. The van der Waals surface area contributed by atoms with Gasteiger partial charge in [0.15, 0.2) is 0 Å². The van der Waals surface area contributed by atoms with Gasteiger partial charge in [-0.05, 0) is 223 Å². The summed E-state index contributed by atoms with van der Waals surface area (Å²) in [7, 11) is 0. The van der Waals surface area contributed by atoms with Crippen molar-refractivity contribution in [3.8, 4) is 0 Å². The van der Waals surface area contributed by atoms with Crippen LogP contribution in [0.4, 0.5) is 51.2 Å². The standard InChI is InChI=1S/C75H84BN3O/c1-68(2,3)46-35-47(69(4,5)6)37-51(36-46)78-61-43-57-56(72(11,12)31-32-73(57,13)14)42-60(61)76-65-62(78)39-52(77(48-23-19-17-20-24-48)49-25-21-18-22-26-49)40-63(65)79(50-27-28-54-55(38-50)71(9,10)30-29-70(54,7)8)66-53-41-58-59(44-64(53)80-67(66)76)75(16)34-33-74(58,15)45-75/h17-28,35-44H,29-34,45H2,1-16H3. The molecule has 408 valence electrons. The molecule has 0 N–H and O–H groups in total. The molecule has 7 aromatic carbocycles. The van der Waals surface area contributed by atoms with E-state index >= 15 is 0 Å². The van der Waals surface area contributed by atoms with Gasteiger partial charge in [0.25, 0.3) is 6.71 Å². The van der Waals surface area contributed by atoms with Gasteiger partial charge in [-0.3, -0.25) is 0 Å². The maximum absolute atomic E-state index is 7.90. The fourth-order valence-corrected chi connectivity index (χ4v) is 16.2. The molecule has 4 nitrogen and oxygen atoms in total. The summed E-state index contributed by atoms with van der Waals surface area (Å²) in [6, 6.07) is 52.8. The molecule has 4 aliphatic carbocycles. The Labute approximate surface area is 479 Å². The Morgan fingerprint density at radius 2 is 0.938 bits per heavy atom. The van der Waals surface area contributed by atoms with Gasteiger partial charge in [0.2, 0.25) is 0 Å². The molecule has 0 amide bonds. The molecular weight excluding hydrogens is 970 g/mol. The largest absolute Gasteiger partial charge is 0.468 e. The van der Waals surface area contributed by atoms with Crippen LogP contribution in [-0.2, 0) is 43.3 Å².